The number of hydrogen-bond acceptors (Lipinski definition) is 2. The van der Waals surface area contributed by atoms with Crippen LogP contribution in [0.3, 0.4) is 0 Å². The van der Waals surface area contributed by atoms with Crippen molar-refractivity contribution in [2.45, 2.75) is 43.9 Å². The Balaban J connectivity index is 1.62. The summed E-state index contributed by atoms with van der Waals surface area (Å²) >= 11 is 1.82. The molecule has 1 atom stereocenters. The van der Waals surface area contributed by atoms with Crippen LogP contribution in [0.2, 0.25) is 0 Å². The van der Waals surface area contributed by atoms with Crippen LogP contribution in [0.25, 0.3) is 10.8 Å². The lowest BCUT2D eigenvalue weighted by Gasteiger charge is -2.17. The summed E-state index contributed by atoms with van der Waals surface area (Å²) in [5.74, 6) is 0.733. The minimum atomic E-state index is 0.0442. The smallest absolute Gasteiger partial charge is 0.230 e. The van der Waals surface area contributed by atoms with Gasteiger partial charge in [0, 0.05) is 5.25 Å². The summed E-state index contributed by atoms with van der Waals surface area (Å²) < 4.78 is 0. The third-order valence-corrected chi connectivity index (χ3v) is 5.79. The van der Waals surface area contributed by atoms with Crippen LogP contribution in [0, 0.1) is 0 Å². The number of rotatable bonds is 5. The van der Waals surface area contributed by atoms with Gasteiger partial charge in [-0.1, -0.05) is 55.3 Å². The van der Waals surface area contributed by atoms with Gasteiger partial charge in [0.25, 0.3) is 0 Å². The Morgan fingerprint density at radius 1 is 1.18 bits per heavy atom. The van der Waals surface area contributed by atoms with E-state index in [1.54, 1.807) is 0 Å². The van der Waals surface area contributed by atoms with Crippen molar-refractivity contribution in [3.8, 4) is 0 Å². The molecule has 1 fully saturated rings. The standard InChI is InChI=1S/C19H23NOS/c1-14(20-19(21)13-22-16-9-3-4-10-16)17-12-6-8-15-7-2-5-11-18(15)17/h2,5-8,11-12,14,16H,3-4,9-10,13H2,1H3,(H,20,21)/t14-/m0/s1. The van der Waals surface area contributed by atoms with Crippen molar-refractivity contribution in [1.29, 1.82) is 0 Å². The van der Waals surface area contributed by atoms with Crippen molar-refractivity contribution in [3.05, 3.63) is 48.0 Å². The zero-order valence-corrected chi connectivity index (χ0v) is 13.9. The lowest BCUT2D eigenvalue weighted by molar-refractivity contribution is -0.119. The van der Waals surface area contributed by atoms with E-state index in [1.165, 1.54) is 42.0 Å². The van der Waals surface area contributed by atoms with Gasteiger partial charge in [0.1, 0.15) is 0 Å². The van der Waals surface area contributed by atoms with Gasteiger partial charge in [-0.2, -0.15) is 0 Å². The summed E-state index contributed by atoms with van der Waals surface area (Å²) in [4.78, 5) is 12.2. The maximum atomic E-state index is 12.2. The molecule has 1 saturated carbocycles. The average Bonchev–Trinajstić information content (AvgIpc) is 3.06. The van der Waals surface area contributed by atoms with Crippen LogP contribution in [0.5, 0.6) is 0 Å². The summed E-state index contributed by atoms with van der Waals surface area (Å²) in [6.45, 7) is 2.07. The molecule has 1 amide bonds. The summed E-state index contributed by atoms with van der Waals surface area (Å²) in [6, 6.07) is 14.7. The van der Waals surface area contributed by atoms with Crippen LogP contribution in [0.1, 0.15) is 44.2 Å². The topological polar surface area (TPSA) is 29.1 Å². The normalized spacial score (nSPS) is 16.8. The fraction of sp³-hybridized carbons (Fsp3) is 0.421. The second-order valence-electron chi connectivity index (χ2n) is 6.08. The van der Waals surface area contributed by atoms with E-state index in [1.807, 2.05) is 17.8 Å². The van der Waals surface area contributed by atoms with E-state index in [0.29, 0.717) is 11.0 Å². The number of fused-ring (bicyclic) bond motifs is 1. The lowest BCUT2D eigenvalue weighted by Crippen LogP contribution is -2.28. The monoisotopic (exact) mass is 313 g/mol. The molecule has 0 aliphatic heterocycles. The van der Waals surface area contributed by atoms with Crippen LogP contribution in [0.15, 0.2) is 42.5 Å². The number of carbonyl (C=O) groups excluding carboxylic acids is 1. The molecule has 0 radical (unpaired) electrons. The Kier molecular flexibility index (Phi) is 5.04. The Hall–Kier alpha value is -1.48. The predicted molar refractivity (Wildman–Crippen MR) is 95.2 cm³/mol. The Morgan fingerprint density at radius 3 is 2.73 bits per heavy atom. The molecule has 2 aromatic carbocycles. The number of nitrogens with one attached hydrogen (secondary N) is 1. The van der Waals surface area contributed by atoms with Crippen molar-refractivity contribution in [2.75, 3.05) is 5.75 Å². The van der Waals surface area contributed by atoms with Gasteiger partial charge in [0.2, 0.25) is 5.91 Å². The van der Waals surface area contributed by atoms with Crippen molar-refractivity contribution in [3.63, 3.8) is 0 Å². The molecule has 1 N–H and O–H groups in total. The SMILES string of the molecule is C[C@H](NC(=O)CSC1CCCC1)c1cccc2ccccc12. The number of amides is 1. The molecular formula is C19H23NOS. The summed E-state index contributed by atoms with van der Waals surface area (Å²) in [6.07, 6.45) is 5.20. The minimum Gasteiger partial charge on any atom is -0.349 e. The van der Waals surface area contributed by atoms with Gasteiger partial charge in [-0.25, -0.2) is 0 Å². The molecule has 0 unspecified atom stereocenters. The van der Waals surface area contributed by atoms with Crippen LogP contribution in [-0.2, 0) is 4.79 Å². The molecule has 0 bridgehead atoms. The minimum absolute atomic E-state index is 0.0442. The van der Waals surface area contributed by atoms with Crippen molar-refractivity contribution in [2.24, 2.45) is 0 Å². The zero-order chi connectivity index (χ0) is 15.4. The van der Waals surface area contributed by atoms with E-state index in [9.17, 15) is 4.79 Å². The van der Waals surface area contributed by atoms with E-state index in [-0.39, 0.29) is 11.9 Å². The van der Waals surface area contributed by atoms with Gasteiger partial charge in [0.15, 0.2) is 0 Å². The molecule has 0 aromatic heterocycles. The first kappa shape index (κ1) is 15.4. The fourth-order valence-corrected chi connectivity index (χ4v) is 4.37. The highest BCUT2D eigenvalue weighted by atomic mass is 32.2. The molecular weight excluding hydrogens is 290 g/mol. The predicted octanol–water partition coefficient (Wildman–Crippen LogP) is 4.69. The van der Waals surface area contributed by atoms with Gasteiger partial charge in [0.05, 0.1) is 11.8 Å². The molecule has 116 valence electrons. The first-order valence-electron chi connectivity index (χ1n) is 8.12. The highest BCUT2D eigenvalue weighted by Crippen LogP contribution is 2.29. The third-order valence-electron chi connectivity index (χ3n) is 4.42. The van der Waals surface area contributed by atoms with Gasteiger partial charge < -0.3 is 5.32 Å². The molecule has 1 aliphatic rings. The van der Waals surface area contributed by atoms with Crippen molar-refractivity contribution < 1.29 is 4.79 Å². The number of benzene rings is 2. The molecule has 1 aliphatic carbocycles. The van der Waals surface area contributed by atoms with Crippen LogP contribution in [-0.4, -0.2) is 16.9 Å². The van der Waals surface area contributed by atoms with E-state index in [4.69, 9.17) is 0 Å². The maximum Gasteiger partial charge on any atom is 0.230 e. The van der Waals surface area contributed by atoms with Gasteiger partial charge in [-0.3, -0.25) is 4.79 Å². The zero-order valence-electron chi connectivity index (χ0n) is 13.0. The molecule has 22 heavy (non-hydrogen) atoms. The Bertz CT molecular complexity index is 643. The summed E-state index contributed by atoms with van der Waals surface area (Å²) in [5, 5.41) is 6.29. The Morgan fingerprint density at radius 2 is 1.91 bits per heavy atom. The van der Waals surface area contributed by atoms with Gasteiger partial charge in [-0.15, -0.1) is 11.8 Å². The second kappa shape index (κ2) is 7.19. The molecule has 0 heterocycles. The largest absolute Gasteiger partial charge is 0.349 e. The second-order valence-corrected chi connectivity index (χ2v) is 7.36. The molecule has 3 rings (SSSR count). The van der Waals surface area contributed by atoms with Crippen molar-refractivity contribution >= 4 is 28.4 Å². The molecule has 0 saturated heterocycles. The average molecular weight is 313 g/mol. The Labute approximate surface area is 136 Å². The first-order valence-corrected chi connectivity index (χ1v) is 9.17. The molecule has 0 spiro atoms. The van der Waals surface area contributed by atoms with Crippen LogP contribution in [0.4, 0.5) is 0 Å². The van der Waals surface area contributed by atoms with E-state index < -0.39 is 0 Å². The first-order chi connectivity index (χ1) is 10.7. The number of hydrogen-bond donors (Lipinski definition) is 1. The lowest BCUT2D eigenvalue weighted by atomic mass is 10.00. The third kappa shape index (κ3) is 3.64. The van der Waals surface area contributed by atoms with Crippen LogP contribution < -0.4 is 5.32 Å². The number of thioether (sulfide) groups is 1. The van der Waals surface area contributed by atoms with Gasteiger partial charge in [-0.05, 0) is 36.1 Å². The van der Waals surface area contributed by atoms with E-state index in [0.717, 1.165) is 0 Å². The highest BCUT2D eigenvalue weighted by molar-refractivity contribution is 8.00. The number of carbonyl (C=O) groups is 1. The molecule has 2 nitrogen and oxygen atoms in total. The van der Waals surface area contributed by atoms with Crippen LogP contribution >= 0.6 is 11.8 Å². The molecule has 2 aromatic rings. The van der Waals surface area contributed by atoms with E-state index >= 15 is 0 Å². The quantitative estimate of drug-likeness (QED) is 0.867. The summed E-state index contributed by atoms with van der Waals surface area (Å²) in [7, 11) is 0. The van der Waals surface area contributed by atoms with E-state index in [2.05, 4.69) is 48.6 Å². The molecule has 3 heteroatoms. The van der Waals surface area contributed by atoms with Crippen molar-refractivity contribution in [1.82, 2.24) is 5.32 Å². The van der Waals surface area contributed by atoms with Gasteiger partial charge >= 0.3 is 0 Å². The highest BCUT2D eigenvalue weighted by Gasteiger charge is 2.18. The summed E-state index contributed by atoms with van der Waals surface area (Å²) in [5.41, 5.74) is 1.19. The fourth-order valence-electron chi connectivity index (χ4n) is 3.24. The maximum absolute atomic E-state index is 12.2.